The van der Waals surface area contributed by atoms with E-state index in [9.17, 15) is 4.79 Å². The Labute approximate surface area is 60.9 Å². The Morgan fingerprint density at radius 2 is 2.10 bits per heavy atom. The fourth-order valence-corrected chi connectivity index (χ4v) is 0.626. The summed E-state index contributed by atoms with van der Waals surface area (Å²) in [5, 5.41) is 0. The first-order chi connectivity index (χ1) is 4.57. The third-order valence-corrected chi connectivity index (χ3v) is 1.07. The smallest absolute Gasteiger partial charge is 0.409 e. The molecule has 0 aromatic carbocycles. The average molecular weight is 143 g/mol. The monoisotopic (exact) mass is 143 g/mol. The summed E-state index contributed by atoms with van der Waals surface area (Å²) in [6.07, 6.45) is 0.983. The van der Waals surface area contributed by atoms with Crippen LogP contribution in [-0.2, 0) is 4.74 Å². The van der Waals surface area contributed by atoms with Crippen molar-refractivity contribution >= 4 is 6.09 Å². The zero-order chi connectivity index (χ0) is 8.15. The Morgan fingerprint density at radius 3 is 2.20 bits per heavy atom. The van der Waals surface area contributed by atoms with Crippen molar-refractivity contribution in [3.63, 3.8) is 0 Å². The lowest BCUT2D eigenvalue weighted by Crippen LogP contribution is -2.14. The molecule has 0 aromatic rings. The van der Waals surface area contributed by atoms with Gasteiger partial charge in [0.15, 0.2) is 0 Å². The molecule has 0 spiro atoms. The van der Waals surface area contributed by atoms with E-state index in [1.807, 2.05) is 13.8 Å². The molecule has 0 aliphatic carbocycles. The third kappa shape index (κ3) is 3.12. The largest absolute Gasteiger partial charge is 0.415 e. The van der Waals surface area contributed by atoms with Crippen LogP contribution in [0.15, 0.2) is 11.8 Å². The molecule has 0 aliphatic heterocycles. The number of allylic oxidation sites excluding steroid dienone is 2. The molecule has 0 radical (unpaired) electrons. The highest BCUT2D eigenvalue weighted by Crippen LogP contribution is 2.09. The number of ether oxygens (including phenoxy) is 1. The maximum atomic E-state index is 10.2. The van der Waals surface area contributed by atoms with Gasteiger partial charge >= 0.3 is 6.09 Å². The number of primary amides is 1. The van der Waals surface area contributed by atoms with Gasteiger partial charge in [-0.15, -0.1) is 0 Å². The zero-order valence-corrected chi connectivity index (χ0v) is 6.55. The van der Waals surface area contributed by atoms with Gasteiger partial charge in [0.1, 0.15) is 5.76 Å². The topological polar surface area (TPSA) is 52.3 Å². The van der Waals surface area contributed by atoms with Crippen molar-refractivity contribution in [1.29, 1.82) is 0 Å². The van der Waals surface area contributed by atoms with E-state index in [1.165, 1.54) is 0 Å². The number of carbonyl (C=O) groups is 1. The summed E-state index contributed by atoms with van der Waals surface area (Å²) in [5.74, 6) is 0.824. The minimum Gasteiger partial charge on any atom is -0.415 e. The van der Waals surface area contributed by atoms with E-state index >= 15 is 0 Å². The van der Waals surface area contributed by atoms with E-state index in [-0.39, 0.29) is 5.92 Å². The lowest BCUT2D eigenvalue weighted by atomic mass is 10.2. The SMILES string of the molecule is CC=C(OC(N)=O)C(C)C. The summed E-state index contributed by atoms with van der Waals surface area (Å²) in [4.78, 5) is 10.2. The Morgan fingerprint density at radius 1 is 1.60 bits per heavy atom. The highest BCUT2D eigenvalue weighted by atomic mass is 16.5. The fraction of sp³-hybridized carbons (Fsp3) is 0.571. The summed E-state index contributed by atoms with van der Waals surface area (Å²) in [7, 11) is 0. The van der Waals surface area contributed by atoms with Crippen molar-refractivity contribution < 1.29 is 9.53 Å². The lowest BCUT2D eigenvalue weighted by Gasteiger charge is -2.08. The first kappa shape index (κ1) is 9.01. The van der Waals surface area contributed by atoms with Crippen molar-refractivity contribution in [1.82, 2.24) is 0 Å². The molecule has 58 valence electrons. The van der Waals surface area contributed by atoms with E-state index in [4.69, 9.17) is 5.73 Å². The van der Waals surface area contributed by atoms with Gasteiger partial charge in [0.2, 0.25) is 0 Å². The number of amides is 1. The molecule has 0 atom stereocenters. The molecule has 0 bridgehead atoms. The minimum absolute atomic E-state index is 0.206. The van der Waals surface area contributed by atoms with Gasteiger partial charge in [-0.25, -0.2) is 4.79 Å². The second-order valence-corrected chi connectivity index (χ2v) is 2.27. The summed E-state index contributed by atoms with van der Waals surface area (Å²) in [5.41, 5.74) is 4.80. The predicted octanol–water partition coefficient (Wildman–Crippen LogP) is 1.64. The van der Waals surface area contributed by atoms with E-state index in [1.54, 1.807) is 13.0 Å². The molecule has 2 N–H and O–H groups in total. The summed E-state index contributed by atoms with van der Waals surface area (Å²) < 4.78 is 4.66. The van der Waals surface area contributed by atoms with Gasteiger partial charge in [0.25, 0.3) is 0 Å². The second-order valence-electron chi connectivity index (χ2n) is 2.27. The molecule has 3 heteroatoms. The number of nitrogens with two attached hydrogens (primary N) is 1. The van der Waals surface area contributed by atoms with Crippen LogP contribution < -0.4 is 5.73 Å². The van der Waals surface area contributed by atoms with Crippen molar-refractivity contribution in [3.8, 4) is 0 Å². The molecule has 0 heterocycles. The Hall–Kier alpha value is -0.990. The van der Waals surface area contributed by atoms with Crippen molar-refractivity contribution in [2.24, 2.45) is 11.7 Å². The van der Waals surface area contributed by atoms with Crippen LogP contribution in [0.5, 0.6) is 0 Å². The van der Waals surface area contributed by atoms with Crippen LogP contribution in [0.3, 0.4) is 0 Å². The van der Waals surface area contributed by atoms with E-state index in [0.717, 1.165) is 0 Å². The molecule has 0 unspecified atom stereocenters. The standard InChI is InChI=1S/C7H13NO2/c1-4-6(5(2)3)10-7(8)9/h4-5H,1-3H3,(H2,8,9). The summed E-state index contributed by atoms with van der Waals surface area (Å²) in [6.45, 7) is 5.66. The Balaban J connectivity index is 3.99. The highest BCUT2D eigenvalue weighted by Gasteiger charge is 2.05. The molecule has 10 heavy (non-hydrogen) atoms. The van der Waals surface area contributed by atoms with Crippen molar-refractivity contribution in [3.05, 3.63) is 11.8 Å². The predicted molar refractivity (Wildman–Crippen MR) is 39.3 cm³/mol. The van der Waals surface area contributed by atoms with Gasteiger partial charge in [0.05, 0.1) is 0 Å². The van der Waals surface area contributed by atoms with Crippen LogP contribution in [0.4, 0.5) is 4.79 Å². The normalized spacial score (nSPS) is 11.8. The molecule has 0 aromatic heterocycles. The molecule has 0 saturated carbocycles. The number of hydrogen-bond acceptors (Lipinski definition) is 2. The first-order valence-electron chi connectivity index (χ1n) is 3.21. The summed E-state index contributed by atoms with van der Waals surface area (Å²) >= 11 is 0. The van der Waals surface area contributed by atoms with Crippen LogP contribution in [0.2, 0.25) is 0 Å². The molecule has 0 fully saturated rings. The van der Waals surface area contributed by atoms with E-state index < -0.39 is 6.09 Å². The first-order valence-corrected chi connectivity index (χ1v) is 3.21. The number of rotatable bonds is 2. The molecule has 3 nitrogen and oxygen atoms in total. The molecular formula is C7H13NO2. The average Bonchev–Trinajstić information content (AvgIpc) is 1.81. The van der Waals surface area contributed by atoms with Crippen molar-refractivity contribution in [2.45, 2.75) is 20.8 Å². The van der Waals surface area contributed by atoms with Crippen LogP contribution in [0.1, 0.15) is 20.8 Å². The van der Waals surface area contributed by atoms with Gasteiger partial charge < -0.3 is 10.5 Å². The van der Waals surface area contributed by atoms with Gasteiger partial charge in [-0.1, -0.05) is 13.8 Å². The third-order valence-electron chi connectivity index (χ3n) is 1.07. The van der Waals surface area contributed by atoms with E-state index in [0.29, 0.717) is 5.76 Å². The molecule has 0 rings (SSSR count). The Kier molecular flexibility index (Phi) is 3.54. The van der Waals surface area contributed by atoms with E-state index in [2.05, 4.69) is 4.74 Å². The van der Waals surface area contributed by atoms with Crippen molar-refractivity contribution in [2.75, 3.05) is 0 Å². The minimum atomic E-state index is -0.748. The second kappa shape index (κ2) is 3.93. The molecular weight excluding hydrogens is 130 g/mol. The van der Waals surface area contributed by atoms with Gasteiger partial charge in [0, 0.05) is 5.92 Å². The zero-order valence-electron chi connectivity index (χ0n) is 6.55. The number of hydrogen-bond donors (Lipinski definition) is 1. The van der Waals surface area contributed by atoms with Gasteiger partial charge in [-0.3, -0.25) is 0 Å². The Bertz CT molecular complexity index is 150. The highest BCUT2D eigenvalue weighted by molar-refractivity contribution is 5.65. The fourth-order valence-electron chi connectivity index (χ4n) is 0.626. The molecule has 0 aliphatic rings. The maximum Gasteiger partial charge on any atom is 0.409 e. The quantitative estimate of drug-likeness (QED) is 0.597. The van der Waals surface area contributed by atoms with Crippen LogP contribution in [0.25, 0.3) is 0 Å². The van der Waals surface area contributed by atoms with Crippen LogP contribution >= 0.6 is 0 Å². The lowest BCUT2D eigenvalue weighted by molar-refractivity contribution is 0.177. The molecule has 0 saturated heterocycles. The van der Waals surface area contributed by atoms with Crippen LogP contribution in [-0.4, -0.2) is 6.09 Å². The van der Waals surface area contributed by atoms with Gasteiger partial charge in [-0.05, 0) is 13.0 Å². The summed E-state index contributed by atoms with van der Waals surface area (Å²) in [6, 6.07) is 0. The maximum absolute atomic E-state index is 10.2. The number of carbonyl (C=O) groups excluding carboxylic acids is 1. The molecule has 1 amide bonds. The van der Waals surface area contributed by atoms with Gasteiger partial charge in [-0.2, -0.15) is 0 Å². The van der Waals surface area contributed by atoms with Crippen LogP contribution in [0, 0.1) is 5.92 Å².